The van der Waals surface area contributed by atoms with Crippen LogP contribution in [0, 0.1) is 0 Å². The zero-order chi connectivity index (χ0) is 13.1. The summed E-state index contributed by atoms with van der Waals surface area (Å²) >= 11 is 0. The number of aliphatic hydroxyl groups excluding tert-OH is 1. The number of rotatable bonds is 8. The van der Waals surface area contributed by atoms with E-state index < -0.39 is 6.03 Å². The zero-order valence-electron chi connectivity index (χ0n) is 10.7. The van der Waals surface area contributed by atoms with Gasteiger partial charge in [-0.2, -0.15) is 0 Å². The number of aliphatic hydroxyl groups is 1. The number of urea groups is 1. The number of carbonyl (C=O) groups excluding carboxylic acids is 2. The maximum atomic E-state index is 11.3. The molecule has 0 aromatic heterocycles. The van der Waals surface area contributed by atoms with E-state index in [2.05, 4.69) is 17.6 Å². The Morgan fingerprint density at radius 3 is 2.47 bits per heavy atom. The van der Waals surface area contributed by atoms with Gasteiger partial charge in [0.05, 0.1) is 6.61 Å². The summed E-state index contributed by atoms with van der Waals surface area (Å²) in [7, 11) is 1.46. The van der Waals surface area contributed by atoms with E-state index in [1.807, 2.05) is 4.90 Å². The Hall–Kier alpha value is -1.14. The lowest BCUT2D eigenvalue weighted by Gasteiger charge is -2.20. The summed E-state index contributed by atoms with van der Waals surface area (Å²) in [6, 6.07) is -0.489. The van der Waals surface area contributed by atoms with Crippen LogP contribution in [0.1, 0.15) is 26.2 Å². The molecule has 0 saturated carbocycles. The number of hydrogen-bond donors (Lipinski definition) is 3. The lowest BCUT2D eigenvalue weighted by molar-refractivity contribution is -0.120. The molecule has 6 nitrogen and oxygen atoms in total. The van der Waals surface area contributed by atoms with Gasteiger partial charge in [-0.15, -0.1) is 0 Å². The van der Waals surface area contributed by atoms with Crippen molar-refractivity contribution in [3.8, 4) is 0 Å². The van der Waals surface area contributed by atoms with Gasteiger partial charge < -0.3 is 15.3 Å². The number of hydrogen-bond acceptors (Lipinski definition) is 4. The van der Waals surface area contributed by atoms with E-state index in [-0.39, 0.29) is 18.9 Å². The highest BCUT2D eigenvalue weighted by atomic mass is 16.3. The Balaban J connectivity index is 3.85. The van der Waals surface area contributed by atoms with Crippen LogP contribution in [0.2, 0.25) is 0 Å². The number of imide groups is 1. The van der Waals surface area contributed by atoms with Crippen molar-refractivity contribution in [1.29, 1.82) is 0 Å². The second kappa shape index (κ2) is 10.0. The molecule has 0 spiro atoms. The molecule has 17 heavy (non-hydrogen) atoms. The maximum absolute atomic E-state index is 11.3. The highest BCUT2D eigenvalue weighted by molar-refractivity contribution is 5.94. The van der Waals surface area contributed by atoms with Crippen LogP contribution < -0.4 is 10.6 Å². The number of nitrogens with zero attached hydrogens (tertiary/aromatic N) is 1. The number of unbranched alkanes of at least 4 members (excludes halogenated alkanes) is 1. The second-order valence-corrected chi connectivity index (χ2v) is 3.80. The van der Waals surface area contributed by atoms with Gasteiger partial charge in [-0.3, -0.25) is 10.1 Å². The van der Waals surface area contributed by atoms with E-state index >= 15 is 0 Å². The Bertz CT molecular complexity index is 234. The summed E-state index contributed by atoms with van der Waals surface area (Å²) in [5, 5.41) is 13.4. The molecule has 0 aliphatic carbocycles. The molecular weight excluding hydrogens is 222 g/mol. The van der Waals surface area contributed by atoms with Crippen LogP contribution in [0.4, 0.5) is 4.79 Å². The van der Waals surface area contributed by atoms with Crippen molar-refractivity contribution in [2.24, 2.45) is 0 Å². The van der Waals surface area contributed by atoms with Crippen LogP contribution in [0.15, 0.2) is 0 Å². The van der Waals surface area contributed by atoms with Gasteiger partial charge in [-0.25, -0.2) is 4.79 Å². The topological polar surface area (TPSA) is 81.7 Å². The minimum atomic E-state index is -0.489. The molecule has 0 aliphatic heterocycles. The highest BCUT2D eigenvalue weighted by Crippen LogP contribution is 1.96. The van der Waals surface area contributed by atoms with E-state index in [9.17, 15) is 9.59 Å². The van der Waals surface area contributed by atoms with Crippen molar-refractivity contribution < 1.29 is 14.7 Å². The third-order valence-electron chi connectivity index (χ3n) is 2.38. The molecule has 0 radical (unpaired) electrons. The van der Waals surface area contributed by atoms with Crippen molar-refractivity contribution in [3.05, 3.63) is 0 Å². The van der Waals surface area contributed by atoms with Crippen molar-refractivity contribution in [3.63, 3.8) is 0 Å². The maximum Gasteiger partial charge on any atom is 0.321 e. The fourth-order valence-electron chi connectivity index (χ4n) is 1.37. The van der Waals surface area contributed by atoms with Gasteiger partial charge in [0, 0.05) is 26.6 Å². The van der Waals surface area contributed by atoms with E-state index in [4.69, 9.17) is 5.11 Å². The third-order valence-corrected chi connectivity index (χ3v) is 2.38. The predicted molar refractivity (Wildman–Crippen MR) is 65.6 cm³/mol. The second-order valence-electron chi connectivity index (χ2n) is 3.80. The number of nitrogens with one attached hydrogen (secondary N) is 2. The molecule has 0 saturated heterocycles. The molecule has 0 fully saturated rings. The monoisotopic (exact) mass is 245 g/mol. The van der Waals surface area contributed by atoms with Gasteiger partial charge in [0.15, 0.2) is 0 Å². The summed E-state index contributed by atoms with van der Waals surface area (Å²) in [5.74, 6) is -0.302. The first-order valence-corrected chi connectivity index (χ1v) is 5.98. The van der Waals surface area contributed by atoms with Gasteiger partial charge in [-0.1, -0.05) is 13.3 Å². The molecule has 0 rings (SSSR count). The number of amides is 3. The van der Waals surface area contributed by atoms with Gasteiger partial charge >= 0.3 is 6.03 Å². The Labute approximate surface area is 102 Å². The Morgan fingerprint density at radius 2 is 1.94 bits per heavy atom. The summed E-state index contributed by atoms with van der Waals surface area (Å²) in [6.07, 6.45) is 2.38. The SMILES string of the molecule is CCCCN(CCO)CCC(=O)NC(=O)NC. The average molecular weight is 245 g/mol. The molecule has 0 unspecified atom stereocenters. The third kappa shape index (κ3) is 8.65. The summed E-state index contributed by atoms with van der Waals surface area (Å²) in [6.45, 7) is 4.16. The molecule has 0 heterocycles. The van der Waals surface area contributed by atoms with Crippen molar-refractivity contribution >= 4 is 11.9 Å². The van der Waals surface area contributed by atoms with Crippen molar-refractivity contribution in [2.75, 3.05) is 33.3 Å². The molecule has 0 aromatic rings. The first-order valence-electron chi connectivity index (χ1n) is 5.98. The van der Waals surface area contributed by atoms with E-state index in [1.165, 1.54) is 7.05 Å². The van der Waals surface area contributed by atoms with Crippen LogP contribution in [-0.4, -0.2) is 55.2 Å². The smallest absolute Gasteiger partial charge is 0.321 e. The normalized spacial score (nSPS) is 10.4. The van der Waals surface area contributed by atoms with Crippen LogP contribution >= 0.6 is 0 Å². The molecule has 0 aliphatic rings. The molecule has 0 atom stereocenters. The van der Waals surface area contributed by atoms with E-state index in [0.717, 1.165) is 19.4 Å². The summed E-state index contributed by atoms with van der Waals surface area (Å²) in [4.78, 5) is 24.2. The minimum Gasteiger partial charge on any atom is -0.395 e. The van der Waals surface area contributed by atoms with E-state index in [1.54, 1.807) is 0 Å². The molecule has 0 bridgehead atoms. The van der Waals surface area contributed by atoms with Crippen LogP contribution in [0.5, 0.6) is 0 Å². The minimum absolute atomic E-state index is 0.0841. The van der Waals surface area contributed by atoms with E-state index in [0.29, 0.717) is 13.1 Å². The first kappa shape index (κ1) is 15.9. The Kier molecular flexibility index (Phi) is 9.37. The average Bonchev–Trinajstić information content (AvgIpc) is 2.32. The van der Waals surface area contributed by atoms with Crippen LogP contribution in [0.3, 0.4) is 0 Å². The molecular formula is C11H23N3O3. The summed E-state index contributed by atoms with van der Waals surface area (Å²) < 4.78 is 0. The van der Waals surface area contributed by atoms with Gasteiger partial charge in [0.1, 0.15) is 0 Å². The predicted octanol–water partition coefficient (Wildman–Crippen LogP) is -0.0735. The molecule has 6 heteroatoms. The van der Waals surface area contributed by atoms with Gasteiger partial charge in [-0.05, 0) is 13.0 Å². The van der Waals surface area contributed by atoms with Gasteiger partial charge in [0.25, 0.3) is 0 Å². The van der Waals surface area contributed by atoms with Crippen molar-refractivity contribution in [1.82, 2.24) is 15.5 Å². The molecule has 3 N–H and O–H groups in total. The fraction of sp³-hybridized carbons (Fsp3) is 0.818. The zero-order valence-corrected chi connectivity index (χ0v) is 10.7. The van der Waals surface area contributed by atoms with Gasteiger partial charge in [0.2, 0.25) is 5.91 Å². The lowest BCUT2D eigenvalue weighted by Crippen LogP contribution is -2.39. The van der Waals surface area contributed by atoms with Crippen LogP contribution in [-0.2, 0) is 4.79 Å². The lowest BCUT2D eigenvalue weighted by atomic mass is 10.3. The first-order chi connectivity index (χ1) is 8.13. The van der Waals surface area contributed by atoms with Crippen LogP contribution in [0.25, 0.3) is 0 Å². The fourth-order valence-corrected chi connectivity index (χ4v) is 1.37. The number of carbonyl (C=O) groups is 2. The molecule has 0 aromatic carbocycles. The van der Waals surface area contributed by atoms with Crippen molar-refractivity contribution in [2.45, 2.75) is 26.2 Å². The standard InChI is InChI=1S/C11H23N3O3/c1-3-4-6-14(8-9-15)7-5-10(16)13-11(17)12-2/h15H,3-9H2,1-2H3,(H2,12,13,16,17). The summed E-state index contributed by atoms with van der Waals surface area (Å²) in [5.41, 5.74) is 0. The Morgan fingerprint density at radius 1 is 1.24 bits per heavy atom. The quantitative estimate of drug-likeness (QED) is 0.559. The molecule has 100 valence electrons. The molecule has 3 amide bonds. The highest BCUT2D eigenvalue weighted by Gasteiger charge is 2.09. The largest absolute Gasteiger partial charge is 0.395 e.